The van der Waals surface area contributed by atoms with Gasteiger partial charge in [0, 0.05) is 36.2 Å². The van der Waals surface area contributed by atoms with Gasteiger partial charge < -0.3 is 25.5 Å². The number of hydrogen-bond donors (Lipinski definition) is 2. The SMILES string of the molecule is CC(C)(C)OC(=O)N(C1CC1)C1CCN(c2ccc(C(N)=O)c3nn(O)cc23)CC1. The van der Waals surface area contributed by atoms with Crippen LogP contribution in [-0.4, -0.2) is 62.8 Å². The molecule has 9 heteroatoms. The number of amides is 2. The molecule has 2 aromatic rings. The molecule has 0 unspecified atom stereocenters. The van der Waals surface area contributed by atoms with Gasteiger partial charge in [-0.1, -0.05) is 0 Å². The second-order valence-corrected chi connectivity index (χ2v) is 9.15. The number of primary amides is 1. The van der Waals surface area contributed by atoms with E-state index in [1.54, 1.807) is 6.07 Å². The van der Waals surface area contributed by atoms with Crippen LogP contribution in [0.4, 0.5) is 10.5 Å². The molecule has 0 radical (unpaired) electrons. The third-order valence-electron chi connectivity index (χ3n) is 5.65. The summed E-state index contributed by atoms with van der Waals surface area (Å²) < 4.78 is 5.65. The maximum absolute atomic E-state index is 12.8. The first-order valence-corrected chi connectivity index (χ1v) is 10.4. The highest BCUT2D eigenvalue weighted by molar-refractivity contribution is 6.08. The number of carbonyl (C=O) groups is 2. The topological polar surface area (TPSA) is 114 Å². The highest BCUT2D eigenvalue weighted by atomic mass is 16.6. The smallest absolute Gasteiger partial charge is 0.410 e. The third kappa shape index (κ3) is 4.01. The van der Waals surface area contributed by atoms with Crippen LogP contribution in [0.15, 0.2) is 18.3 Å². The minimum absolute atomic E-state index is 0.143. The van der Waals surface area contributed by atoms with Crippen LogP contribution in [0, 0.1) is 0 Å². The summed E-state index contributed by atoms with van der Waals surface area (Å²) in [6.45, 7) is 7.17. The lowest BCUT2D eigenvalue weighted by atomic mass is 10.0. The molecule has 2 heterocycles. The summed E-state index contributed by atoms with van der Waals surface area (Å²) in [6.07, 6.45) is 4.97. The van der Waals surface area contributed by atoms with Gasteiger partial charge in [0.1, 0.15) is 11.1 Å². The fourth-order valence-corrected chi connectivity index (χ4v) is 4.20. The van der Waals surface area contributed by atoms with Gasteiger partial charge in [-0.05, 0) is 58.6 Å². The Hall–Kier alpha value is -2.97. The molecule has 1 aliphatic carbocycles. The zero-order valence-corrected chi connectivity index (χ0v) is 17.7. The fraction of sp³-hybridized carbons (Fsp3) is 0.571. The second kappa shape index (κ2) is 7.37. The number of benzene rings is 1. The molecule has 1 aromatic heterocycles. The normalized spacial score (nSPS) is 17.9. The van der Waals surface area contributed by atoms with Crippen LogP contribution in [0.5, 0.6) is 0 Å². The summed E-state index contributed by atoms with van der Waals surface area (Å²) in [5.74, 6) is -0.582. The molecule has 1 saturated carbocycles. The fourth-order valence-electron chi connectivity index (χ4n) is 4.20. The van der Waals surface area contributed by atoms with Crippen LogP contribution < -0.4 is 10.6 Å². The monoisotopic (exact) mass is 415 g/mol. The van der Waals surface area contributed by atoms with E-state index >= 15 is 0 Å². The van der Waals surface area contributed by atoms with Crippen molar-refractivity contribution in [3.05, 3.63) is 23.9 Å². The van der Waals surface area contributed by atoms with E-state index in [0.717, 1.165) is 44.5 Å². The van der Waals surface area contributed by atoms with E-state index in [0.29, 0.717) is 15.7 Å². The van der Waals surface area contributed by atoms with Crippen LogP contribution in [-0.2, 0) is 4.74 Å². The first-order chi connectivity index (χ1) is 14.1. The number of ether oxygens (including phenoxy) is 1. The van der Waals surface area contributed by atoms with Crippen molar-refractivity contribution in [3.8, 4) is 0 Å². The van der Waals surface area contributed by atoms with Crippen LogP contribution in [0.3, 0.4) is 0 Å². The Labute approximate surface area is 175 Å². The highest BCUT2D eigenvalue weighted by Gasteiger charge is 2.40. The second-order valence-electron chi connectivity index (χ2n) is 9.15. The molecule has 0 atom stereocenters. The molecule has 0 bridgehead atoms. The average Bonchev–Trinajstić information content (AvgIpc) is 3.39. The number of nitrogens with two attached hydrogens (primary N) is 1. The van der Waals surface area contributed by atoms with Crippen LogP contribution >= 0.6 is 0 Å². The molecule has 4 rings (SSSR count). The van der Waals surface area contributed by atoms with Gasteiger partial charge >= 0.3 is 6.09 Å². The van der Waals surface area contributed by atoms with Crippen molar-refractivity contribution < 1.29 is 19.5 Å². The zero-order valence-electron chi connectivity index (χ0n) is 17.7. The zero-order chi connectivity index (χ0) is 21.6. The Kier molecular flexibility index (Phi) is 4.99. The molecule has 1 aromatic carbocycles. The van der Waals surface area contributed by atoms with Crippen LogP contribution in [0.1, 0.15) is 56.8 Å². The van der Waals surface area contributed by atoms with Crippen LogP contribution in [0.2, 0.25) is 0 Å². The number of anilines is 1. The Balaban J connectivity index is 1.51. The Bertz CT molecular complexity index is 968. The van der Waals surface area contributed by atoms with Crippen molar-refractivity contribution >= 4 is 28.6 Å². The predicted molar refractivity (Wildman–Crippen MR) is 112 cm³/mol. The lowest BCUT2D eigenvalue weighted by Gasteiger charge is -2.40. The summed E-state index contributed by atoms with van der Waals surface area (Å²) in [5.41, 5.74) is 6.49. The summed E-state index contributed by atoms with van der Waals surface area (Å²) in [7, 11) is 0. The number of fused-ring (bicyclic) bond motifs is 1. The highest BCUT2D eigenvalue weighted by Crippen LogP contribution is 2.35. The summed E-state index contributed by atoms with van der Waals surface area (Å²) in [5, 5.41) is 14.5. The van der Waals surface area contributed by atoms with Gasteiger partial charge in [0.05, 0.1) is 11.8 Å². The lowest BCUT2D eigenvalue weighted by molar-refractivity contribution is 0.0114. The third-order valence-corrected chi connectivity index (χ3v) is 5.65. The van der Waals surface area contributed by atoms with E-state index in [1.165, 1.54) is 6.20 Å². The lowest BCUT2D eigenvalue weighted by Crippen LogP contribution is -2.50. The van der Waals surface area contributed by atoms with Crippen molar-refractivity contribution in [1.82, 2.24) is 14.8 Å². The summed E-state index contributed by atoms with van der Waals surface area (Å²) in [4.78, 5) is 29.3. The van der Waals surface area contributed by atoms with Gasteiger partial charge in [0.25, 0.3) is 5.91 Å². The summed E-state index contributed by atoms with van der Waals surface area (Å²) >= 11 is 0. The van der Waals surface area contributed by atoms with Crippen molar-refractivity contribution in [2.75, 3.05) is 18.0 Å². The molecule has 30 heavy (non-hydrogen) atoms. The maximum atomic E-state index is 12.8. The van der Waals surface area contributed by atoms with E-state index in [2.05, 4.69) is 10.00 Å². The van der Waals surface area contributed by atoms with Gasteiger partial charge in [0.2, 0.25) is 0 Å². The number of hydrogen-bond acceptors (Lipinski definition) is 6. The van der Waals surface area contributed by atoms with Gasteiger partial charge in [-0.3, -0.25) is 4.79 Å². The van der Waals surface area contributed by atoms with Gasteiger partial charge in [-0.2, -0.15) is 0 Å². The molecular weight excluding hydrogens is 386 g/mol. The largest absolute Gasteiger partial charge is 0.444 e. The minimum Gasteiger partial charge on any atom is -0.444 e. The van der Waals surface area contributed by atoms with E-state index in [-0.39, 0.29) is 23.7 Å². The summed E-state index contributed by atoms with van der Waals surface area (Å²) in [6, 6.07) is 3.92. The number of nitrogens with zero attached hydrogens (tertiary/aromatic N) is 4. The minimum atomic E-state index is -0.582. The maximum Gasteiger partial charge on any atom is 0.410 e. The van der Waals surface area contributed by atoms with E-state index in [1.807, 2.05) is 31.7 Å². The average molecular weight is 415 g/mol. The number of piperidine rings is 1. The molecule has 2 fully saturated rings. The number of aromatic nitrogens is 2. The molecule has 0 spiro atoms. The Morgan fingerprint density at radius 2 is 1.80 bits per heavy atom. The molecule has 162 valence electrons. The van der Waals surface area contributed by atoms with Crippen molar-refractivity contribution in [2.45, 2.75) is 64.1 Å². The van der Waals surface area contributed by atoms with E-state index in [4.69, 9.17) is 10.5 Å². The van der Waals surface area contributed by atoms with E-state index in [9.17, 15) is 14.8 Å². The van der Waals surface area contributed by atoms with Gasteiger partial charge in [0.15, 0.2) is 0 Å². The molecule has 2 aliphatic rings. The molecule has 9 nitrogen and oxygen atoms in total. The first kappa shape index (κ1) is 20.3. The van der Waals surface area contributed by atoms with Gasteiger partial charge in [-0.15, -0.1) is 9.94 Å². The quantitative estimate of drug-likeness (QED) is 0.742. The predicted octanol–water partition coefficient (Wildman–Crippen LogP) is 2.74. The molecule has 3 N–H and O–H groups in total. The molecule has 2 amide bonds. The molecular formula is C21H29N5O4. The van der Waals surface area contributed by atoms with E-state index < -0.39 is 11.5 Å². The molecule has 1 saturated heterocycles. The van der Waals surface area contributed by atoms with Crippen molar-refractivity contribution in [2.24, 2.45) is 5.73 Å². The number of carbonyl (C=O) groups excluding carboxylic acids is 2. The number of rotatable bonds is 4. The van der Waals surface area contributed by atoms with Gasteiger partial charge in [-0.25, -0.2) is 4.79 Å². The van der Waals surface area contributed by atoms with Crippen molar-refractivity contribution in [3.63, 3.8) is 0 Å². The Morgan fingerprint density at radius 1 is 1.17 bits per heavy atom. The standard InChI is InChI=1S/C21H29N5O4/c1-21(2,3)30-20(28)26(13-4-5-13)14-8-10-24(11-9-14)17-7-6-15(19(22)27)18-16(17)12-25(29)23-18/h6-7,12-14,29H,4-5,8-11H2,1-3H3,(H2,22,27). The first-order valence-electron chi connectivity index (χ1n) is 10.4. The molecule has 1 aliphatic heterocycles. The van der Waals surface area contributed by atoms with Crippen LogP contribution in [0.25, 0.3) is 10.9 Å². The van der Waals surface area contributed by atoms with Crippen molar-refractivity contribution in [1.29, 1.82) is 0 Å². The Morgan fingerprint density at radius 3 is 2.37 bits per heavy atom.